The fourth-order valence-electron chi connectivity index (χ4n) is 2.40. The van der Waals surface area contributed by atoms with Gasteiger partial charge < -0.3 is 4.74 Å². The maximum atomic E-state index is 6.04. The maximum absolute atomic E-state index is 6.04. The highest BCUT2D eigenvalue weighted by atomic mass is 16.5. The fraction of sp³-hybridized carbons (Fsp3) is 0.368. The Kier molecular flexibility index (Phi) is 4.17. The second-order valence-corrected chi connectivity index (χ2v) is 6.46. The molecule has 0 saturated heterocycles. The summed E-state index contributed by atoms with van der Waals surface area (Å²) in [5.41, 5.74) is 5.17. The maximum Gasteiger partial charge on any atom is 0.122 e. The van der Waals surface area contributed by atoms with Crippen molar-refractivity contribution in [3.05, 3.63) is 64.7 Å². The molecular formula is C19H24O. The van der Waals surface area contributed by atoms with Gasteiger partial charge in [0.1, 0.15) is 12.4 Å². The van der Waals surface area contributed by atoms with E-state index in [9.17, 15) is 0 Å². The summed E-state index contributed by atoms with van der Waals surface area (Å²) < 4.78 is 6.04. The first-order valence-corrected chi connectivity index (χ1v) is 7.16. The number of rotatable bonds is 3. The van der Waals surface area contributed by atoms with E-state index in [1.165, 1.54) is 22.3 Å². The summed E-state index contributed by atoms with van der Waals surface area (Å²) in [4.78, 5) is 0. The van der Waals surface area contributed by atoms with Crippen LogP contribution in [0.3, 0.4) is 0 Å². The molecule has 0 radical (unpaired) electrons. The Morgan fingerprint density at radius 2 is 1.65 bits per heavy atom. The van der Waals surface area contributed by atoms with Crippen LogP contribution >= 0.6 is 0 Å². The van der Waals surface area contributed by atoms with Gasteiger partial charge in [0, 0.05) is 0 Å². The highest BCUT2D eigenvalue weighted by molar-refractivity contribution is 5.37. The minimum atomic E-state index is 0.140. The zero-order chi connectivity index (χ0) is 14.8. The summed E-state index contributed by atoms with van der Waals surface area (Å²) in [7, 11) is 0. The average molecular weight is 268 g/mol. The third-order valence-corrected chi connectivity index (χ3v) is 3.55. The van der Waals surface area contributed by atoms with Crippen molar-refractivity contribution in [2.45, 2.75) is 46.6 Å². The van der Waals surface area contributed by atoms with Crippen molar-refractivity contribution < 1.29 is 4.74 Å². The normalized spacial score (nSPS) is 11.4. The molecule has 0 aliphatic rings. The largest absolute Gasteiger partial charge is 0.489 e. The molecule has 0 amide bonds. The van der Waals surface area contributed by atoms with Gasteiger partial charge in [-0.3, -0.25) is 0 Å². The lowest BCUT2D eigenvalue weighted by molar-refractivity contribution is 0.300. The number of benzene rings is 2. The van der Waals surface area contributed by atoms with Crippen molar-refractivity contribution in [1.82, 2.24) is 0 Å². The summed E-state index contributed by atoms with van der Waals surface area (Å²) in [6.45, 7) is 11.5. The molecule has 2 rings (SSSR count). The third kappa shape index (κ3) is 3.41. The van der Waals surface area contributed by atoms with E-state index < -0.39 is 0 Å². The molecule has 0 fully saturated rings. The molecule has 0 N–H and O–H groups in total. The number of ether oxygens (including phenoxy) is 1. The molecule has 106 valence electrons. The fourth-order valence-corrected chi connectivity index (χ4v) is 2.40. The van der Waals surface area contributed by atoms with Gasteiger partial charge in [-0.15, -0.1) is 0 Å². The molecule has 0 heterocycles. The van der Waals surface area contributed by atoms with Gasteiger partial charge in [-0.05, 0) is 47.6 Å². The first-order chi connectivity index (χ1) is 9.38. The summed E-state index contributed by atoms with van der Waals surface area (Å²) in [6.07, 6.45) is 0. The summed E-state index contributed by atoms with van der Waals surface area (Å²) in [5, 5.41) is 0. The Labute approximate surface area is 122 Å². The first-order valence-electron chi connectivity index (χ1n) is 7.16. The number of hydrogen-bond acceptors (Lipinski definition) is 1. The SMILES string of the molecule is Cc1ccc(C)c(OCc2ccccc2C(C)(C)C)c1. The zero-order valence-corrected chi connectivity index (χ0v) is 13.2. The first kappa shape index (κ1) is 14.6. The van der Waals surface area contributed by atoms with Gasteiger partial charge in [-0.25, -0.2) is 0 Å². The van der Waals surface area contributed by atoms with E-state index in [1.54, 1.807) is 0 Å². The number of aryl methyl sites for hydroxylation is 2. The van der Waals surface area contributed by atoms with Crippen LogP contribution in [0.1, 0.15) is 43.0 Å². The molecule has 0 aliphatic heterocycles. The van der Waals surface area contributed by atoms with Crippen molar-refractivity contribution in [3.8, 4) is 5.75 Å². The van der Waals surface area contributed by atoms with E-state index in [1.807, 2.05) is 0 Å². The topological polar surface area (TPSA) is 9.23 Å². The number of hydrogen-bond donors (Lipinski definition) is 0. The standard InChI is InChI=1S/C19H24O/c1-14-10-11-15(2)18(12-14)20-13-16-8-6-7-9-17(16)19(3,4)5/h6-12H,13H2,1-5H3. The van der Waals surface area contributed by atoms with Gasteiger partial charge in [0.25, 0.3) is 0 Å². The van der Waals surface area contributed by atoms with Gasteiger partial charge in [0.2, 0.25) is 0 Å². The summed E-state index contributed by atoms with van der Waals surface area (Å²) in [5.74, 6) is 0.980. The van der Waals surface area contributed by atoms with Crippen LogP contribution in [0.5, 0.6) is 5.75 Å². The molecule has 0 saturated carbocycles. The molecule has 0 bridgehead atoms. The van der Waals surface area contributed by atoms with Crippen LogP contribution < -0.4 is 4.74 Å². The van der Waals surface area contributed by atoms with Crippen molar-refractivity contribution in [2.24, 2.45) is 0 Å². The van der Waals surface area contributed by atoms with Crippen LogP contribution in [0.4, 0.5) is 0 Å². The predicted molar refractivity (Wildman–Crippen MR) is 85.4 cm³/mol. The molecule has 2 aromatic carbocycles. The highest BCUT2D eigenvalue weighted by Crippen LogP contribution is 2.27. The van der Waals surface area contributed by atoms with Crippen LogP contribution in [-0.4, -0.2) is 0 Å². The van der Waals surface area contributed by atoms with Crippen LogP contribution in [0.25, 0.3) is 0 Å². The van der Waals surface area contributed by atoms with E-state index in [0.29, 0.717) is 6.61 Å². The van der Waals surface area contributed by atoms with Crippen LogP contribution in [0.15, 0.2) is 42.5 Å². The average Bonchev–Trinajstić information content (AvgIpc) is 2.39. The van der Waals surface area contributed by atoms with Gasteiger partial charge in [0.05, 0.1) is 0 Å². The molecule has 0 aliphatic carbocycles. The zero-order valence-electron chi connectivity index (χ0n) is 13.2. The van der Waals surface area contributed by atoms with Gasteiger partial charge in [0.15, 0.2) is 0 Å². The molecule has 0 unspecified atom stereocenters. The van der Waals surface area contributed by atoms with Gasteiger partial charge in [-0.1, -0.05) is 57.2 Å². The molecule has 1 heteroatoms. The highest BCUT2D eigenvalue weighted by Gasteiger charge is 2.17. The van der Waals surface area contributed by atoms with Crippen molar-refractivity contribution in [3.63, 3.8) is 0 Å². The monoisotopic (exact) mass is 268 g/mol. The lowest BCUT2D eigenvalue weighted by atomic mass is 9.84. The summed E-state index contributed by atoms with van der Waals surface area (Å²) >= 11 is 0. The van der Waals surface area contributed by atoms with E-state index in [0.717, 1.165) is 5.75 Å². The minimum absolute atomic E-state index is 0.140. The molecule has 0 aromatic heterocycles. The Bertz CT molecular complexity index is 591. The second kappa shape index (κ2) is 5.70. The Morgan fingerprint density at radius 3 is 2.35 bits per heavy atom. The summed E-state index contributed by atoms with van der Waals surface area (Å²) in [6, 6.07) is 14.9. The minimum Gasteiger partial charge on any atom is -0.489 e. The Balaban J connectivity index is 2.21. The van der Waals surface area contributed by atoms with Gasteiger partial charge in [-0.2, -0.15) is 0 Å². The lowest BCUT2D eigenvalue weighted by Crippen LogP contribution is -2.15. The quantitative estimate of drug-likeness (QED) is 0.745. The molecular weight excluding hydrogens is 244 g/mol. The van der Waals surface area contributed by atoms with Gasteiger partial charge >= 0.3 is 0 Å². The van der Waals surface area contributed by atoms with E-state index >= 15 is 0 Å². The molecule has 0 spiro atoms. The smallest absolute Gasteiger partial charge is 0.122 e. The molecule has 2 aromatic rings. The molecule has 0 atom stereocenters. The predicted octanol–water partition coefficient (Wildman–Crippen LogP) is 5.18. The third-order valence-electron chi connectivity index (χ3n) is 3.55. The van der Waals surface area contributed by atoms with E-state index in [4.69, 9.17) is 4.74 Å². The molecule has 1 nitrogen and oxygen atoms in total. The van der Waals surface area contributed by atoms with Crippen LogP contribution in [0.2, 0.25) is 0 Å². The Hall–Kier alpha value is -1.76. The van der Waals surface area contributed by atoms with E-state index in [-0.39, 0.29) is 5.41 Å². The molecule has 20 heavy (non-hydrogen) atoms. The van der Waals surface area contributed by atoms with Crippen molar-refractivity contribution >= 4 is 0 Å². The Morgan fingerprint density at radius 1 is 0.950 bits per heavy atom. The van der Waals surface area contributed by atoms with Crippen molar-refractivity contribution in [1.29, 1.82) is 0 Å². The van der Waals surface area contributed by atoms with E-state index in [2.05, 4.69) is 77.1 Å². The second-order valence-electron chi connectivity index (χ2n) is 6.46. The van der Waals surface area contributed by atoms with Crippen LogP contribution in [0, 0.1) is 13.8 Å². The van der Waals surface area contributed by atoms with Crippen LogP contribution in [-0.2, 0) is 12.0 Å². The van der Waals surface area contributed by atoms with Crippen molar-refractivity contribution in [2.75, 3.05) is 0 Å². The lowest BCUT2D eigenvalue weighted by Gasteiger charge is -2.23.